The van der Waals surface area contributed by atoms with Crippen LogP contribution in [0.2, 0.25) is 0 Å². The second kappa shape index (κ2) is 5.96. The summed E-state index contributed by atoms with van der Waals surface area (Å²) in [6.45, 7) is 2.52. The Morgan fingerprint density at radius 2 is 2.21 bits per heavy atom. The smallest absolute Gasteiger partial charge is 0.147 e. The molecule has 0 saturated heterocycles. The van der Waals surface area contributed by atoms with Crippen molar-refractivity contribution in [3.05, 3.63) is 59.2 Å². The highest BCUT2D eigenvalue weighted by molar-refractivity contribution is 5.49. The average molecular weight is 255 g/mol. The van der Waals surface area contributed by atoms with Crippen molar-refractivity contribution < 1.29 is 4.39 Å². The lowest BCUT2D eigenvalue weighted by Gasteiger charge is -2.10. The summed E-state index contributed by atoms with van der Waals surface area (Å²) in [5.74, 6) is -0.423. The van der Waals surface area contributed by atoms with Crippen LogP contribution in [-0.4, -0.2) is 4.98 Å². The van der Waals surface area contributed by atoms with Gasteiger partial charge in [-0.3, -0.25) is 4.98 Å². The molecular formula is C15H14FN3. The minimum absolute atomic E-state index is 0.315. The summed E-state index contributed by atoms with van der Waals surface area (Å²) in [7, 11) is 0. The number of benzene rings is 1. The Balaban J connectivity index is 2.13. The summed E-state index contributed by atoms with van der Waals surface area (Å²) in [4.78, 5) is 4.29. The van der Waals surface area contributed by atoms with Gasteiger partial charge < -0.3 is 5.32 Å². The number of nitrogens with one attached hydrogen (secondary N) is 1. The number of aryl methyl sites for hydroxylation is 1. The summed E-state index contributed by atoms with van der Waals surface area (Å²) >= 11 is 0. The minimum atomic E-state index is -0.423. The highest BCUT2D eigenvalue weighted by Gasteiger charge is 2.05. The van der Waals surface area contributed by atoms with Crippen LogP contribution >= 0.6 is 0 Å². The normalized spacial score (nSPS) is 9.95. The zero-order valence-corrected chi connectivity index (χ0v) is 10.7. The molecule has 0 unspecified atom stereocenters. The maximum atomic E-state index is 13.7. The largest absolute Gasteiger partial charge is 0.377 e. The number of nitrogens with zero attached hydrogens (tertiary/aromatic N) is 2. The highest BCUT2D eigenvalue weighted by Crippen LogP contribution is 2.17. The van der Waals surface area contributed by atoms with E-state index in [4.69, 9.17) is 5.26 Å². The van der Waals surface area contributed by atoms with E-state index in [0.29, 0.717) is 17.8 Å². The Bertz CT molecular complexity index is 617. The second-order valence-corrected chi connectivity index (χ2v) is 4.12. The molecule has 19 heavy (non-hydrogen) atoms. The molecule has 1 heterocycles. The summed E-state index contributed by atoms with van der Waals surface area (Å²) in [5, 5.41) is 11.7. The van der Waals surface area contributed by atoms with Gasteiger partial charge in [-0.1, -0.05) is 13.0 Å². The van der Waals surface area contributed by atoms with Gasteiger partial charge in [-0.2, -0.15) is 5.26 Å². The van der Waals surface area contributed by atoms with Crippen molar-refractivity contribution in [3.63, 3.8) is 0 Å². The molecule has 0 aliphatic rings. The Morgan fingerprint density at radius 3 is 2.89 bits per heavy atom. The molecule has 1 aromatic carbocycles. The summed E-state index contributed by atoms with van der Waals surface area (Å²) < 4.78 is 13.7. The molecule has 0 atom stereocenters. The summed E-state index contributed by atoms with van der Waals surface area (Å²) in [6, 6.07) is 10.2. The van der Waals surface area contributed by atoms with Crippen molar-refractivity contribution in [3.8, 4) is 6.07 Å². The average Bonchev–Trinajstić information content (AvgIpc) is 2.46. The number of rotatable bonds is 4. The van der Waals surface area contributed by atoms with E-state index in [0.717, 1.165) is 17.7 Å². The fourth-order valence-electron chi connectivity index (χ4n) is 1.86. The van der Waals surface area contributed by atoms with E-state index in [9.17, 15) is 4.39 Å². The Labute approximate surface area is 111 Å². The van der Waals surface area contributed by atoms with Crippen LogP contribution in [0.25, 0.3) is 0 Å². The summed E-state index contributed by atoms with van der Waals surface area (Å²) in [5.41, 5.74) is 2.75. The third-order valence-corrected chi connectivity index (χ3v) is 2.91. The first kappa shape index (κ1) is 13.0. The maximum Gasteiger partial charge on any atom is 0.147 e. The Morgan fingerprint density at radius 1 is 1.37 bits per heavy atom. The van der Waals surface area contributed by atoms with Gasteiger partial charge in [-0.15, -0.1) is 0 Å². The SMILES string of the molecule is CCc1cccnc1CNc1ccc(C#N)cc1F. The first-order valence-electron chi connectivity index (χ1n) is 6.11. The molecule has 0 fully saturated rings. The van der Waals surface area contributed by atoms with Crippen LogP contribution in [0.4, 0.5) is 10.1 Å². The maximum absolute atomic E-state index is 13.7. The number of anilines is 1. The second-order valence-electron chi connectivity index (χ2n) is 4.12. The standard InChI is InChI=1S/C15H14FN3/c1-2-12-4-3-7-18-15(12)10-19-14-6-5-11(9-17)8-13(14)16/h3-8,19H,2,10H2,1H3. The molecule has 2 aromatic rings. The third kappa shape index (κ3) is 3.08. The Kier molecular flexibility index (Phi) is 4.09. The topological polar surface area (TPSA) is 48.7 Å². The Hall–Kier alpha value is -2.41. The van der Waals surface area contributed by atoms with E-state index in [-0.39, 0.29) is 0 Å². The first-order valence-corrected chi connectivity index (χ1v) is 6.11. The lowest BCUT2D eigenvalue weighted by Crippen LogP contribution is -2.06. The van der Waals surface area contributed by atoms with Crippen LogP contribution in [0.15, 0.2) is 36.5 Å². The van der Waals surface area contributed by atoms with E-state index in [1.54, 1.807) is 18.3 Å². The number of hydrogen-bond acceptors (Lipinski definition) is 3. The predicted molar refractivity (Wildman–Crippen MR) is 72.1 cm³/mol. The van der Waals surface area contributed by atoms with Crippen LogP contribution in [0.5, 0.6) is 0 Å². The molecule has 0 bridgehead atoms. The van der Waals surface area contributed by atoms with Crippen molar-refractivity contribution in [1.29, 1.82) is 5.26 Å². The van der Waals surface area contributed by atoms with Gasteiger partial charge >= 0.3 is 0 Å². The number of pyridine rings is 1. The molecule has 0 aliphatic carbocycles. The van der Waals surface area contributed by atoms with Gasteiger partial charge in [0.25, 0.3) is 0 Å². The van der Waals surface area contributed by atoms with Crippen LogP contribution in [0.3, 0.4) is 0 Å². The molecular weight excluding hydrogens is 241 g/mol. The van der Waals surface area contributed by atoms with Crippen LogP contribution < -0.4 is 5.32 Å². The quantitative estimate of drug-likeness (QED) is 0.912. The number of hydrogen-bond donors (Lipinski definition) is 1. The van der Waals surface area contributed by atoms with Gasteiger partial charge in [-0.05, 0) is 36.2 Å². The van der Waals surface area contributed by atoms with Crippen LogP contribution in [-0.2, 0) is 13.0 Å². The van der Waals surface area contributed by atoms with Crippen molar-refractivity contribution >= 4 is 5.69 Å². The molecule has 96 valence electrons. The first-order chi connectivity index (χ1) is 9.24. The van der Waals surface area contributed by atoms with E-state index in [1.807, 2.05) is 18.2 Å². The van der Waals surface area contributed by atoms with Gasteiger partial charge in [0.1, 0.15) is 5.82 Å². The zero-order chi connectivity index (χ0) is 13.7. The number of aromatic nitrogens is 1. The van der Waals surface area contributed by atoms with Crippen molar-refractivity contribution in [2.75, 3.05) is 5.32 Å². The molecule has 1 aromatic heterocycles. The molecule has 2 rings (SSSR count). The van der Waals surface area contributed by atoms with E-state index < -0.39 is 5.82 Å². The lowest BCUT2D eigenvalue weighted by molar-refractivity contribution is 0.629. The van der Waals surface area contributed by atoms with E-state index >= 15 is 0 Å². The van der Waals surface area contributed by atoms with Gasteiger partial charge in [0.2, 0.25) is 0 Å². The monoisotopic (exact) mass is 255 g/mol. The number of halogens is 1. The molecule has 0 amide bonds. The lowest BCUT2D eigenvalue weighted by atomic mass is 10.1. The molecule has 0 spiro atoms. The molecule has 0 aliphatic heterocycles. The van der Waals surface area contributed by atoms with E-state index in [2.05, 4.69) is 17.2 Å². The fourth-order valence-corrected chi connectivity index (χ4v) is 1.86. The molecule has 4 heteroatoms. The van der Waals surface area contributed by atoms with Crippen LogP contribution in [0.1, 0.15) is 23.7 Å². The fraction of sp³-hybridized carbons (Fsp3) is 0.200. The third-order valence-electron chi connectivity index (χ3n) is 2.91. The minimum Gasteiger partial charge on any atom is -0.377 e. The molecule has 0 saturated carbocycles. The van der Waals surface area contributed by atoms with Gasteiger partial charge in [-0.25, -0.2) is 4.39 Å². The predicted octanol–water partition coefficient (Wildman–Crippen LogP) is 3.27. The van der Waals surface area contributed by atoms with Gasteiger partial charge in [0.15, 0.2) is 0 Å². The van der Waals surface area contributed by atoms with Crippen molar-refractivity contribution in [2.45, 2.75) is 19.9 Å². The molecule has 0 radical (unpaired) electrons. The van der Waals surface area contributed by atoms with Gasteiger partial charge in [0.05, 0.1) is 29.6 Å². The van der Waals surface area contributed by atoms with Crippen LogP contribution in [0, 0.1) is 17.1 Å². The van der Waals surface area contributed by atoms with Crippen molar-refractivity contribution in [1.82, 2.24) is 4.98 Å². The van der Waals surface area contributed by atoms with Crippen molar-refractivity contribution in [2.24, 2.45) is 0 Å². The van der Waals surface area contributed by atoms with E-state index in [1.165, 1.54) is 6.07 Å². The zero-order valence-electron chi connectivity index (χ0n) is 10.7. The molecule has 3 nitrogen and oxygen atoms in total. The number of nitriles is 1. The molecule has 1 N–H and O–H groups in total. The van der Waals surface area contributed by atoms with Gasteiger partial charge in [0, 0.05) is 6.20 Å². The summed E-state index contributed by atoms with van der Waals surface area (Å²) in [6.07, 6.45) is 2.62. The highest BCUT2D eigenvalue weighted by atomic mass is 19.1.